The van der Waals surface area contributed by atoms with Gasteiger partial charge >= 0.3 is 5.69 Å². The first-order chi connectivity index (χ1) is 8.00. The summed E-state index contributed by atoms with van der Waals surface area (Å²) < 4.78 is 1.19. The van der Waals surface area contributed by atoms with Gasteiger partial charge in [0.15, 0.2) is 0 Å². The number of rotatable bonds is 1. The second-order valence-electron chi connectivity index (χ2n) is 4.29. The van der Waals surface area contributed by atoms with E-state index in [0.29, 0.717) is 13.1 Å². The third-order valence-electron chi connectivity index (χ3n) is 3.06. The Balaban J connectivity index is 2.48. The SMILES string of the molecule is Cn1c(N)c(N2CCC[C@H](O)C2)c(=O)[nH]c1=O. The number of hydrogen-bond acceptors (Lipinski definition) is 5. The lowest BCUT2D eigenvalue weighted by Gasteiger charge is -2.32. The van der Waals surface area contributed by atoms with Crippen molar-refractivity contribution in [2.75, 3.05) is 23.7 Å². The number of H-pyrrole nitrogens is 1. The van der Waals surface area contributed by atoms with Crippen molar-refractivity contribution in [3.63, 3.8) is 0 Å². The molecular weight excluding hydrogens is 224 g/mol. The number of aromatic amines is 1. The molecule has 0 unspecified atom stereocenters. The Kier molecular flexibility index (Phi) is 2.93. The van der Waals surface area contributed by atoms with Gasteiger partial charge in [0.1, 0.15) is 11.5 Å². The predicted octanol–water partition coefficient (Wildman–Crippen LogP) is -1.38. The predicted molar refractivity (Wildman–Crippen MR) is 64.2 cm³/mol. The van der Waals surface area contributed by atoms with Crippen LogP contribution in [0.3, 0.4) is 0 Å². The average molecular weight is 240 g/mol. The molecule has 0 aliphatic carbocycles. The van der Waals surface area contributed by atoms with Crippen LogP contribution in [0.4, 0.5) is 11.5 Å². The van der Waals surface area contributed by atoms with Crippen LogP contribution in [0.1, 0.15) is 12.8 Å². The highest BCUT2D eigenvalue weighted by Gasteiger charge is 2.23. The molecule has 7 nitrogen and oxygen atoms in total. The van der Waals surface area contributed by atoms with E-state index in [-0.39, 0.29) is 11.5 Å². The molecule has 0 spiro atoms. The number of hydrogen-bond donors (Lipinski definition) is 3. The molecule has 94 valence electrons. The molecule has 0 bridgehead atoms. The molecule has 1 aromatic rings. The van der Waals surface area contributed by atoms with Crippen molar-refractivity contribution in [2.24, 2.45) is 7.05 Å². The lowest BCUT2D eigenvalue weighted by molar-refractivity contribution is 0.154. The van der Waals surface area contributed by atoms with E-state index in [1.807, 2.05) is 0 Å². The largest absolute Gasteiger partial charge is 0.391 e. The van der Waals surface area contributed by atoms with E-state index < -0.39 is 17.4 Å². The maximum absolute atomic E-state index is 11.7. The van der Waals surface area contributed by atoms with Crippen molar-refractivity contribution in [1.29, 1.82) is 0 Å². The molecule has 17 heavy (non-hydrogen) atoms. The zero-order valence-corrected chi connectivity index (χ0v) is 9.64. The first kappa shape index (κ1) is 11.7. The smallest absolute Gasteiger partial charge is 0.329 e. The fourth-order valence-electron chi connectivity index (χ4n) is 2.09. The van der Waals surface area contributed by atoms with Crippen molar-refractivity contribution in [3.05, 3.63) is 20.8 Å². The maximum atomic E-state index is 11.7. The number of nitrogens with zero attached hydrogens (tertiary/aromatic N) is 2. The minimum absolute atomic E-state index is 0.132. The summed E-state index contributed by atoms with van der Waals surface area (Å²) >= 11 is 0. The van der Waals surface area contributed by atoms with Crippen LogP contribution in [0, 0.1) is 0 Å². The molecule has 1 fully saturated rings. The minimum atomic E-state index is -0.534. The van der Waals surface area contributed by atoms with Crippen LogP contribution >= 0.6 is 0 Å². The van der Waals surface area contributed by atoms with Crippen molar-refractivity contribution in [2.45, 2.75) is 18.9 Å². The van der Waals surface area contributed by atoms with Crippen molar-refractivity contribution in [3.8, 4) is 0 Å². The van der Waals surface area contributed by atoms with Crippen molar-refractivity contribution >= 4 is 11.5 Å². The Morgan fingerprint density at radius 3 is 2.82 bits per heavy atom. The number of piperidine rings is 1. The number of aromatic nitrogens is 2. The molecule has 4 N–H and O–H groups in total. The van der Waals surface area contributed by atoms with Gasteiger partial charge in [-0.05, 0) is 12.8 Å². The zero-order chi connectivity index (χ0) is 12.6. The number of anilines is 2. The number of nitrogen functional groups attached to an aromatic ring is 1. The van der Waals surface area contributed by atoms with Crippen LogP contribution in [0.15, 0.2) is 9.59 Å². The van der Waals surface area contributed by atoms with Gasteiger partial charge in [0.05, 0.1) is 6.10 Å². The monoisotopic (exact) mass is 240 g/mol. The highest BCUT2D eigenvalue weighted by Crippen LogP contribution is 2.20. The number of β-amino-alcohol motifs (C(OH)–C–C–N with tert-alkyl or cyclic N) is 1. The van der Waals surface area contributed by atoms with Gasteiger partial charge in [-0.15, -0.1) is 0 Å². The zero-order valence-electron chi connectivity index (χ0n) is 9.64. The average Bonchev–Trinajstić information content (AvgIpc) is 2.26. The van der Waals surface area contributed by atoms with Gasteiger partial charge < -0.3 is 15.7 Å². The van der Waals surface area contributed by atoms with Gasteiger partial charge in [-0.2, -0.15) is 0 Å². The van der Waals surface area contributed by atoms with Crippen LogP contribution in [-0.2, 0) is 7.05 Å². The maximum Gasteiger partial charge on any atom is 0.329 e. The number of nitrogens with two attached hydrogens (primary N) is 1. The van der Waals surface area contributed by atoms with Crippen LogP contribution < -0.4 is 21.9 Å². The molecule has 1 saturated heterocycles. The van der Waals surface area contributed by atoms with Crippen LogP contribution in [0.2, 0.25) is 0 Å². The van der Waals surface area contributed by atoms with E-state index in [2.05, 4.69) is 4.98 Å². The van der Waals surface area contributed by atoms with Gasteiger partial charge in [-0.25, -0.2) is 4.79 Å². The number of aliphatic hydroxyl groups excluding tert-OH is 1. The van der Waals surface area contributed by atoms with Gasteiger partial charge in [0, 0.05) is 20.1 Å². The van der Waals surface area contributed by atoms with E-state index in [1.54, 1.807) is 4.90 Å². The number of aliphatic hydroxyl groups is 1. The molecule has 2 heterocycles. The van der Waals surface area contributed by atoms with Gasteiger partial charge in [-0.1, -0.05) is 0 Å². The summed E-state index contributed by atoms with van der Waals surface area (Å²) in [5.74, 6) is 0.132. The summed E-state index contributed by atoms with van der Waals surface area (Å²) in [6, 6.07) is 0. The summed E-state index contributed by atoms with van der Waals surface area (Å²) in [4.78, 5) is 27.0. The molecule has 1 aliphatic rings. The number of nitrogens with one attached hydrogen (secondary N) is 1. The normalized spacial score (nSPS) is 20.6. The van der Waals surface area contributed by atoms with Crippen molar-refractivity contribution in [1.82, 2.24) is 9.55 Å². The van der Waals surface area contributed by atoms with Crippen LogP contribution in [0.25, 0.3) is 0 Å². The standard InChI is InChI=1S/C10H16N4O3/c1-13-8(11)7(9(16)12-10(13)17)14-4-2-3-6(15)5-14/h6,15H,2-5,11H2,1H3,(H,12,16,17)/t6-/m0/s1. The van der Waals surface area contributed by atoms with Crippen LogP contribution in [0.5, 0.6) is 0 Å². The van der Waals surface area contributed by atoms with E-state index in [4.69, 9.17) is 5.73 Å². The third kappa shape index (κ3) is 2.05. The first-order valence-electron chi connectivity index (χ1n) is 5.52. The Morgan fingerprint density at radius 2 is 2.18 bits per heavy atom. The second-order valence-corrected chi connectivity index (χ2v) is 4.29. The molecule has 0 amide bonds. The minimum Gasteiger partial charge on any atom is -0.391 e. The molecule has 0 radical (unpaired) electrons. The molecule has 0 saturated carbocycles. The molecule has 1 aliphatic heterocycles. The quantitative estimate of drug-likeness (QED) is 0.561. The fourth-order valence-corrected chi connectivity index (χ4v) is 2.09. The molecule has 1 aromatic heterocycles. The lowest BCUT2D eigenvalue weighted by Crippen LogP contribution is -2.43. The molecule has 1 atom stereocenters. The highest BCUT2D eigenvalue weighted by atomic mass is 16.3. The summed E-state index contributed by atoms with van der Waals surface area (Å²) in [5, 5.41) is 9.58. The first-order valence-corrected chi connectivity index (χ1v) is 5.52. The highest BCUT2D eigenvalue weighted by molar-refractivity contribution is 5.62. The summed E-state index contributed by atoms with van der Waals surface area (Å²) in [6.07, 6.45) is 1.06. The second kappa shape index (κ2) is 4.25. The summed E-state index contributed by atoms with van der Waals surface area (Å²) in [5.41, 5.74) is 5.02. The van der Waals surface area contributed by atoms with E-state index in [1.165, 1.54) is 11.6 Å². The molecule has 0 aromatic carbocycles. The van der Waals surface area contributed by atoms with Crippen molar-refractivity contribution < 1.29 is 5.11 Å². The van der Waals surface area contributed by atoms with E-state index in [0.717, 1.165) is 12.8 Å². The summed E-state index contributed by atoms with van der Waals surface area (Å²) in [7, 11) is 1.50. The fraction of sp³-hybridized carbons (Fsp3) is 0.600. The Bertz CT molecular complexity index is 533. The van der Waals surface area contributed by atoms with Gasteiger partial charge in [0.25, 0.3) is 5.56 Å². The molecular formula is C10H16N4O3. The Labute approximate surface area is 97.5 Å². The molecule has 2 rings (SSSR count). The van der Waals surface area contributed by atoms with Gasteiger partial charge in [0.2, 0.25) is 0 Å². The van der Waals surface area contributed by atoms with E-state index in [9.17, 15) is 14.7 Å². The Morgan fingerprint density at radius 1 is 1.47 bits per heavy atom. The third-order valence-corrected chi connectivity index (χ3v) is 3.06. The van der Waals surface area contributed by atoms with Gasteiger partial charge in [-0.3, -0.25) is 14.3 Å². The van der Waals surface area contributed by atoms with E-state index >= 15 is 0 Å². The van der Waals surface area contributed by atoms with Crippen LogP contribution in [-0.4, -0.2) is 33.9 Å². The summed E-state index contributed by atoms with van der Waals surface area (Å²) in [6.45, 7) is 1.02. The topological polar surface area (TPSA) is 104 Å². The lowest BCUT2D eigenvalue weighted by atomic mass is 10.1. The Hall–Kier alpha value is -1.76. The molecule has 7 heteroatoms.